The van der Waals surface area contributed by atoms with Crippen LogP contribution in [0, 0.1) is 11.7 Å². The summed E-state index contributed by atoms with van der Waals surface area (Å²) >= 11 is 3.53. The molecule has 0 spiro atoms. The number of imidazole rings is 1. The van der Waals surface area contributed by atoms with Gasteiger partial charge in [0.1, 0.15) is 11.6 Å². The zero-order valence-corrected chi connectivity index (χ0v) is 19.7. The van der Waals surface area contributed by atoms with Gasteiger partial charge in [-0.1, -0.05) is 38.8 Å². The Morgan fingerprint density at radius 3 is 2.68 bits per heavy atom. The molecule has 0 N–H and O–H groups in total. The van der Waals surface area contributed by atoms with Crippen molar-refractivity contribution in [2.24, 2.45) is 5.92 Å². The van der Waals surface area contributed by atoms with Gasteiger partial charge in [-0.25, -0.2) is 9.37 Å². The number of hydrogen-bond acceptors (Lipinski definition) is 2. The minimum Gasteiger partial charge on any atom is -0.331 e. The molecule has 164 valence electrons. The minimum atomic E-state index is -0.281. The van der Waals surface area contributed by atoms with E-state index in [9.17, 15) is 9.18 Å². The largest absolute Gasteiger partial charge is 0.331 e. The number of carbonyl (C=O) groups excluding carboxylic acids is 1. The number of fused-ring (bicyclic) bond motifs is 1. The van der Waals surface area contributed by atoms with E-state index >= 15 is 0 Å². The first-order valence-electron chi connectivity index (χ1n) is 11.1. The molecule has 4 nitrogen and oxygen atoms in total. The van der Waals surface area contributed by atoms with Crippen LogP contribution < -0.4 is 0 Å². The number of hydrogen-bond donors (Lipinski definition) is 0. The molecule has 1 heterocycles. The molecule has 1 amide bonds. The highest BCUT2D eigenvalue weighted by atomic mass is 79.9. The van der Waals surface area contributed by atoms with Gasteiger partial charge in [0.25, 0.3) is 5.91 Å². The Hall–Kier alpha value is -2.21. The molecule has 4 rings (SSSR count). The molecular formula is C25H29BrFN3O. The van der Waals surface area contributed by atoms with Crippen LogP contribution >= 0.6 is 15.9 Å². The molecule has 3 aromatic rings. The molecule has 0 saturated heterocycles. The molecule has 1 aromatic heterocycles. The van der Waals surface area contributed by atoms with Gasteiger partial charge in [0.2, 0.25) is 0 Å². The molecule has 0 aliphatic heterocycles. The summed E-state index contributed by atoms with van der Waals surface area (Å²) in [7, 11) is 0. The molecule has 0 atom stereocenters. The smallest absolute Gasteiger partial charge is 0.255 e. The third-order valence-corrected chi connectivity index (χ3v) is 6.81. The van der Waals surface area contributed by atoms with Crippen LogP contribution in [-0.4, -0.2) is 26.9 Å². The summed E-state index contributed by atoms with van der Waals surface area (Å²) in [6.07, 6.45) is 5.49. The lowest BCUT2D eigenvalue weighted by Gasteiger charge is -2.25. The van der Waals surface area contributed by atoms with E-state index in [0.29, 0.717) is 36.1 Å². The maximum Gasteiger partial charge on any atom is 0.255 e. The minimum absolute atomic E-state index is 0.00988. The first-order valence-corrected chi connectivity index (χ1v) is 11.9. The van der Waals surface area contributed by atoms with Gasteiger partial charge in [-0.05, 0) is 65.4 Å². The molecule has 1 aliphatic rings. The Morgan fingerprint density at radius 2 is 1.97 bits per heavy atom. The molecule has 1 saturated carbocycles. The predicted octanol–water partition coefficient (Wildman–Crippen LogP) is 6.74. The van der Waals surface area contributed by atoms with Gasteiger partial charge in [-0.2, -0.15) is 0 Å². The van der Waals surface area contributed by atoms with Crippen molar-refractivity contribution < 1.29 is 9.18 Å². The standard InChI is InChI=1S/C25H29BrFN3O/c1-17(2)13-14-29(25(31)20-9-5-6-10-21(20)26)16-24-28-22-15-18(27)11-12-23(22)30(24)19-7-3-4-8-19/h5-6,9-12,15,17,19H,3-4,7-8,13-14,16H2,1-2H3. The highest BCUT2D eigenvalue weighted by Gasteiger charge is 2.26. The molecule has 6 heteroatoms. The summed E-state index contributed by atoms with van der Waals surface area (Å²) in [5.41, 5.74) is 2.28. The fourth-order valence-corrected chi connectivity index (χ4v) is 4.90. The van der Waals surface area contributed by atoms with Crippen LogP contribution in [-0.2, 0) is 6.54 Å². The maximum atomic E-state index is 13.9. The van der Waals surface area contributed by atoms with Gasteiger partial charge in [-0.15, -0.1) is 0 Å². The van der Waals surface area contributed by atoms with Crippen molar-refractivity contribution in [1.82, 2.24) is 14.5 Å². The summed E-state index contributed by atoms with van der Waals surface area (Å²) in [6, 6.07) is 12.7. The molecule has 1 aliphatic carbocycles. The molecule has 1 fully saturated rings. The quantitative estimate of drug-likeness (QED) is 0.371. The summed E-state index contributed by atoms with van der Waals surface area (Å²) in [5.74, 6) is 1.04. The van der Waals surface area contributed by atoms with Crippen LogP contribution in [0.15, 0.2) is 46.9 Å². The van der Waals surface area contributed by atoms with Crippen LogP contribution in [0.4, 0.5) is 4.39 Å². The van der Waals surface area contributed by atoms with Crippen molar-refractivity contribution in [2.45, 2.75) is 58.5 Å². The fourth-order valence-electron chi connectivity index (χ4n) is 4.45. The number of benzene rings is 2. The van der Waals surface area contributed by atoms with Gasteiger partial charge in [-0.3, -0.25) is 4.79 Å². The zero-order chi connectivity index (χ0) is 22.0. The van der Waals surface area contributed by atoms with Crippen molar-refractivity contribution in [3.05, 3.63) is 64.1 Å². The van der Waals surface area contributed by atoms with Gasteiger partial charge in [0, 0.05) is 23.1 Å². The lowest BCUT2D eigenvalue weighted by molar-refractivity contribution is 0.0727. The third-order valence-electron chi connectivity index (χ3n) is 6.11. The van der Waals surface area contributed by atoms with Gasteiger partial charge in [0.05, 0.1) is 23.1 Å². The number of amides is 1. The van der Waals surface area contributed by atoms with Crippen molar-refractivity contribution in [2.75, 3.05) is 6.54 Å². The number of nitrogens with zero attached hydrogens (tertiary/aromatic N) is 3. The van der Waals surface area contributed by atoms with E-state index in [1.807, 2.05) is 35.2 Å². The van der Waals surface area contributed by atoms with E-state index in [1.165, 1.54) is 25.0 Å². The normalized spacial score (nSPS) is 14.6. The van der Waals surface area contributed by atoms with Crippen molar-refractivity contribution in [3.63, 3.8) is 0 Å². The van der Waals surface area contributed by atoms with Gasteiger partial charge >= 0.3 is 0 Å². The predicted molar refractivity (Wildman–Crippen MR) is 126 cm³/mol. The van der Waals surface area contributed by atoms with E-state index in [0.717, 1.165) is 35.1 Å². The summed E-state index contributed by atoms with van der Waals surface area (Å²) in [4.78, 5) is 20.2. The van der Waals surface area contributed by atoms with Crippen LogP contribution in [0.1, 0.15) is 68.2 Å². The second-order valence-corrected chi connectivity index (χ2v) is 9.71. The lowest BCUT2D eigenvalue weighted by atomic mass is 10.1. The van der Waals surface area contributed by atoms with Crippen LogP contribution in [0.5, 0.6) is 0 Å². The number of halogens is 2. The lowest BCUT2D eigenvalue weighted by Crippen LogP contribution is -2.33. The summed E-state index contributed by atoms with van der Waals surface area (Å²) in [6.45, 7) is 5.40. The van der Waals surface area contributed by atoms with Crippen LogP contribution in [0.2, 0.25) is 0 Å². The van der Waals surface area contributed by atoms with E-state index in [-0.39, 0.29) is 11.7 Å². The van der Waals surface area contributed by atoms with Gasteiger partial charge in [0.15, 0.2) is 0 Å². The Bertz CT molecular complexity index is 1070. The Labute approximate surface area is 191 Å². The Kier molecular flexibility index (Phi) is 6.75. The van der Waals surface area contributed by atoms with Crippen LogP contribution in [0.25, 0.3) is 11.0 Å². The highest BCUT2D eigenvalue weighted by Crippen LogP contribution is 2.34. The Morgan fingerprint density at radius 1 is 1.23 bits per heavy atom. The van der Waals surface area contributed by atoms with Crippen molar-refractivity contribution in [1.29, 1.82) is 0 Å². The zero-order valence-electron chi connectivity index (χ0n) is 18.2. The average Bonchev–Trinajstić information content (AvgIpc) is 3.37. The van der Waals surface area contributed by atoms with E-state index < -0.39 is 0 Å². The maximum absolute atomic E-state index is 13.9. The Balaban J connectivity index is 1.72. The first-order chi connectivity index (χ1) is 14.9. The van der Waals surface area contributed by atoms with Crippen molar-refractivity contribution in [3.8, 4) is 0 Å². The molecular weight excluding hydrogens is 457 g/mol. The number of aromatic nitrogens is 2. The molecule has 0 unspecified atom stereocenters. The van der Waals surface area contributed by atoms with E-state index in [4.69, 9.17) is 4.98 Å². The highest BCUT2D eigenvalue weighted by molar-refractivity contribution is 9.10. The second kappa shape index (κ2) is 9.51. The third kappa shape index (κ3) is 4.84. The SMILES string of the molecule is CC(C)CCN(Cc1nc2cc(F)ccc2n1C1CCCC1)C(=O)c1ccccc1Br. The molecule has 0 bridgehead atoms. The van der Waals surface area contributed by atoms with E-state index in [2.05, 4.69) is 34.3 Å². The van der Waals surface area contributed by atoms with Gasteiger partial charge < -0.3 is 9.47 Å². The van der Waals surface area contributed by atoms with Crippen LogP contribution in [0.3, 0.4) is 0 Å². The topological polar surface area (TPSA) is 38.1 Å². The average molecular weight is 486 g/mol. The number of rotatable bonds is 7. The van der Waals surface area contributed by atoms with Crippen molar-refractivity contribution >= 4 is 32.9 Å². The number of carbonyl (C=O) groups is 1. The first kappa shape index (κ1) is 22.0. The molecule has 2 aromatic carbocycles. The van der Waals surface area contributed by atoms with E-state index in [1.54, 1.807) is 0 Å². The summed E-state index contributed by atoms with van der Waals surface area (Å²) < 4.78 is 17.0. The monoisotopic (exact) mass is 485 g/mol. The summed E-state index contributed by atoms with van der Waals surface area (Å²) in [5, 5.41) is 0. The second-order valence-electron chi connectivity index (χ2n) is 8.86. The molecule has 0 radical (unpaired) electrons. The molecule has 31 heavy (non-hydrogen) atoms. The fraction of sp³-hybridized carbons (Fsp3) is 0.440.